The van der Waals surface area contributed by atoms with Crippen molar-refractivity contribution in [1.29, 1.82) is 0 Å². The fraction of sp³-hybridized carbons (Fsp3) is 0.600. The molecule has 1 atom stereocenters. The third-order valence-electron chi connectivity index (χ3n) is 3.89. The van der Waals surface area contributed by atoms with Crippen LogP contribution in [0, 0.1) is 12.3 Å². The van der Waals surface area contributed by atoms with Gasteiger partial charge in [-0.15, -0.1) is 0 Å². The maximum atomic E-state index is 12.8. The van der Waals surface area contributed by atoms with Gasteiger partial charge in [-0.3, -0.25) is 0 Å². The summed E-state index contributed by atoms with van der Waals surface area (Å²) in [7, 11) is -1.95. The normalized spacial score (nSPS) is 14.6. The summed E-state index contributed by atoms with van der Waals surface area (Å²) in [6.45, 7) is 9.55. The molecule has 1 aromatic carbocycles. The molecule has 0 aliphatic heterocycles. The average Bonchev–Trinajstić information content (AvgIpc) is 2.36. The predicted molar refractivity (Wildman–Crippen MR) is 81.0 cm³/mol. The van der Waals surface area contributed by atoms with Crippen LogP contribution in [0.3, 0.4) is 0 Å². The van der Waals surface area contributed by atoms with Crippen LogP contribution in [0.15, 0.2) is 23.1 Å². The molecule has 0 saturated carbocycles. The number of rotatable bonds is 4. The molecule has 0 fully saturated rings. The Balaban J connectivity index is 3.30. The number of hydrogen-bond donors (Lipinski definition) is 1. The summed E-state index contributed by atoms with van der Waals surface area (Å²) >= 11 is 0. The summed E-state index contributed by atoms with van der Waals surface area (Å²) in [6.07, 6.45) is 0. The van der Waals surface area contributed by atoms with Crippen LogP contribution in [-0.4, -0.2) is 30.9 Å². The third kappa shape index (κ3) is 3.40. The Labute approximate surface area is 122 Å². The zero-order valence-electron chi connectivity index (χ0n) is 13.1. The maximum Gasteiger partial charge on any atom is 0.243 e. The van der Waals surface area contributed by atoms with Crippen LogP contribution in [-0.2, 0) is 16.6 Å². The van der Waals surface area contributed by atoms with Gasteiger partial charge in [0, 0.05) is 13.1 Å². The molecule has 1 unspecified atom stereocenters. The summed E-state index contributed by atoms with van der Waals surface area (Å²) < 4.78 is 26.9. The Kier molecular flexibility index (Phi) is 5.00. The van der Waals surface area contributed by atoms with Crippen LogP contribution in [0.1, 0.15) is 38.8 Å². The van der Waals surface area contributed by atoms with Crippen molar-refractivity contribution in [2.45, 2.75) is 52.2 Å². The van der Waals surface area contributed by atoms with Crippen molar-refractivity contribution in [3.8, 4) is 0 Å². The molecule has 114 valence electrons. The van der Waals surface area contributed by atoms with Crippen molar-refractivity contribution in [3.05, 3.63) is 29.3 Å². The lowest BCUT2D eigenvalue weighted by atomic mass is 9.88. The third-order valence-corrected chi connectivity index (χ3v) is 5.96. The number of sulfonamides is 1. The average molecular weight is 299 g/mol. The Morgan fingerprint density at radius 1 is 1.30 bits per heavy atom. The Morgan fingerprint density at radius 3 is 2.30 bits per heavy atom. The molecule has 0 bridgehead atoms. The molecule has 1 rings (SSSR count). The number of aliphatic hydroxyl groups is 1. The van der Waals surface area contributed by atoms with E-state index < -0.39 is 10.0 Å². The summed E-state index contributed by atoms with van der Waals surface area (Å²) in [5, 5.41) is 9.19. The van der Waals surface area contributed by atoms with Crippen LogP contribution in [0.2, 0.25) is 0 Å². The minimum atomic E-state index is -3.56. The van der Waals surface area contributed by atoms with Gasteiger partial charge in [-0.25, -0.2) is 8.42 Å². The molecule has 0 aliphatic carbocycles. The topological polar surface area (TPSA) is 57.6 Å². The number of nitrogens with zero attached hydrogens (tertiary/aromatic N) is 1. The highest BCUT2D eigenvalue weighted by Gasteiger charge is 2.33. The first-order valence-electron chi connectivity index (χ1n) is 6.70. The molecular formula is C15H25NO3S. The summed E-state index contributed by atoms with van der Waals surface area (Å²) in [6, 6.07) is 4.89. The van der Waals surface area contributed by atoms with Gasteiger partial charge in [-0.1, -0.05) is 32.9 Å². The van der Waals surface area contributed by atoms with Crippen molar-refractivity contribution >= 4 is 10.0 Å². The van der Waals surface area contributed by atoms with Gasteiger partial charge in [0.15, 0.2) is 0 Å². The van der Waals surface area contributed by atoms with Gasteiger partial charge in [-0.05, 0) is 36.5 Å². The first kappa shape index (κ1) is 17.1. The Hall–Kier alpha value is -0.910. The minimum absolute atomic E-state index is 0.135. The van der Waals surface area contributed by atoms with Crippen molar-refractivity contribution in [2.75, 3.05) is 7.05 Å². The summed E-state index contributed by atoms with van der Waals surface area (Å²) in [5.74, 6) is 0. The molecule has 20 heavy (non-hydrogen) atoms. The fourth-order valence-electron chi connectivity index (χ4n) is 1.93. The molecule has 0 aromatic heterocycles. The van der Waals surface area contributed by atoms with E-state index in [9.17, 15) is 13.5 Å². The van der Waals surface area contributed by atoms with E-state index in [0.29, 0.717) is 11.1 Å². The second-order valence-electron chi connectivity index (χ2n) is 6.32. The van der Waals surface area contributed by atoms with Gasteiger partial charge in [0.2, 0.25) is 10.0 Å². The van der Waals surface area contributed by atoms with E-state index in [0.717, 1.165) is 0 Å². The Morgan fingerprint density at radius 2 is 1.85 bits per heavy atom. The standard InChI is InChI=1S/C15H25NO3S/c1-11-7-8-13(10-17)9-14(11)20(18,19)16(6)12(2)15(3,4)5/h7-9,12,17H,10H2,1-6H3. The SMILES string of the molecule is Cc1ccc(CO)cc1S(=O)(=O)N(C)C(C)C(C)(C)C. The lowest BCUT2D eigenvalue weighted by Crippen LogP contribution is -2.43. The van der Waals surface area contributed by atoms with E-state index in [2.05, 4.69) is 0 Å². The molecule has 5 heteroatoms. The van der Waals surface area contributed by atoms with E-state index in [1.165, 1.54) is 4.31 Å². The van der Waals surface area contributed by atoms with Crippen molar-refractivity contribution < 1.29 is 13.5 Å². The molecule has 0 spiro atoms. The summed E-state index contributed by atoms with van der Waals surface area (Å²) in [4.78, 5) is 0.266. The van der Waals surface area contributed by atoms with Gasteiger partial charge in [0.25, 0.3) is 0 Å². The van der Waals surface area contributed by atoms with Gasteiger partial charge in [-0.2, -0.15) is 4.31 Å². The highest BCUT2D eigenvalue weighted by molar-refractivity contribution is 7.89. The van der Waals surface area contributed by atoms with Gasteiger partial charge < -0.3 is 5.11 Å². The van der Waals surface area contributed by atoms with Crippen molar-refractivity contribution in [1.82, 2.24) is 4.31 Å². The first-order valence-corrected chi connectivity index (χ1v) is 8.14. The Bertz CT molecular complexity index is 573. The molecule has 1 aromatic rings. The van der Waals surface area contributed by atoms with Gasteiger partial charge >= 0.3 is 0 Å². The smallest absolute Gasteiger partial charge is 0.243 e. The maximum absolute atomic E-state index is 12.8. The molecule has 1 N–H and O–H groups in total. The predicted octanol–water partition coefficient (Wildman–Crippen LogP) is 2.54. The quantitative estimate of drug-likeness (QED) is 0.929. The molecule has 0 saturated heterocycles. The number of hydrogen-bond acceptors (Lipinski definition) is 3. The van der Waals surface area contributed by atoms with E-state index in [-0.39, 0.29) is 23.0 Å². The number of aryl methyl sites for hydroxylation is 1. The lowest BCUT2D eigenvalue weighted by Gasteiger charge is -2.34. The van der Waals surface area contributed by atoms with Crippen molar-refractivity contribution in [3.63, 3.8) is 0 Å². The van der Waals surface area contributed by atoms with E-state index in [4.69, 9.17) is 0 Å². The minimum Gasteiger partial charge on any atom is -0.392 e. The van der Waals surface area contributed by atoms with Crippen LogP contribution in [0.25, 0.3) is 0 Å². The highest BCUT2D eigenvalue weighted by atomic mass is 32.2. The first-order chi connectivity index (χ1) is 9.01. The highest BCUT2D eigenvalue weighted by Crippen LogP contribution is 2.29. The zero-order chi connectivity index (χ0) is 15.7. The van der Waals surface area contributed by atoms with Gasteiger partial charge in [0.05, 0.1) is 11.5 Å². The number of aliphatic hydroxyl groups excluding tert-OH is 1. The molecule has 0 aliphatic rings. The second kappa shape index (κ2) is 5.84. The van der Waals surface area contributed by atoms with E-state index in [1.54, 1.807) is 32.2 Å². The van der Waals surface area contributed by atoms with Crippen LogP contribution < -0.4 is 0 Å². The lowest BCUT2D eigenvalue weighted by molar-refractivity contribution is 0.216. The number of benzene rings is 1. The zero-order valence-corrected chi connectivity index (χ0v) is 14.0. The monoisotopic (exact) mass is 299 g/mol. The fourth-order valence-corrected chi connectivity index (χ4v) is 3.75. The second-order valence-corrected chi connectivity index (χ2v) is 8.29. The molecule has 0 radical (unpaired) electrons. The molecule has 0 heterocycles. The molecule has 0 amide bonds. The van der Waals surface area contributed by atoms with Crippen LogP contribution >= 0.6 is 0 Å². The molecule has 4 nitrogen and oxygen atoms in total. The summed E-state index contributed by atoms with van der Waals surface area (Å²) in [5.41, 5.74) is 1.14. The van der Waals surface area contributed by atoms with Crippen LogP contribution in [0.4, 0.5) is 0 Å². The molecular weight excluding hydrogens is 274 g/mol. The van der Waals surface area contributed by atoms with Crippen LogP contribution in [0.5, 0.6) is 0 Å². The van der Waals surface area contributed by atoms with Crippen molar-refractivity contribution in [2.24, 2.45) is 5.41 Å². The van der Waals surface area contributed by atoms with E-state index in [1.807, 2.05) is 27.7 Å². The largest absolute Gasteiger partial charge is 0.392 e. The van der Waals surface area contributed by atoms with Gasteiger partial charge in [0.1, 0.15) is 0 Å². The van der Waals surface area contributed by atoms with E-state index >= 15 is 0 Å².